The Hall–Kier alpha value is -3.75. The number of nitrogens with zero attached hydrogens (tertiary/aromatic N) is 4. The molecule has 1 amide bonds. The number of aromatic nitrogens is 5. The maximum absolute atomic E-state index is 12.8. The first-order valence-electron chi connectivity index (χ1n) is 8.15. The Morgan fingerprint density at radius 1 is 1.00 bits per heavy atom. The molecule has 0 aliphatic heterocycles. The van der Waals surface area contributed by atoms with Gasteiger partial charge in [0.25, 0.3) is 5.91 Å². The largest absolute Gasteiger partial charge is 0.363 e. The molecular weight excluding hydrogens is 348 g/mol. The number of nitrogens with two attached hydrogens (primary N) is 1. The van der Waals surface area contributed by atoms with E-state index in [0.29, 0.717) is 11.4 Å². The van der Waals surface area contributed by atoms with Gasteiger partial charge in [-0.2, -0.15) is 15.4 Å². The fourth-order valence-corrected chi connectivity index (χ4v) is 2.66. The van der Waals surface area contributed by atoms with Gasteiger partial charge in [-0.3, -0.25) is 24.4 Å². The van der Waals surface area contributed by atoms with Crippen LogP contribution in [-0.2, 0) is 16.0 Å². The molecule has 0 saturated carbocycles. The Bertz CT molecular complexity index is 955. The van der Waals surface area contributed by atoms with Crippen molar-refractivity contribution in [2.75, 3.05) is 0 Å². The van der Waals surface area contributed by atoms with E-state index in [1.165, 1.54) is 0 Å². The summed E-state index contributed by atoms with van der Waals surface area (Å²) in [6, 6.07) is 10.4. The number of ketones is 2. The van der Waals surface area contributed by atoms with Crippen molar-refractivity contribution in [3.8, 4) is 11.4 Å². The molecule has 0 aliphatic rings. The van der Waals surface area contributed by atoms with Crippen LogP contribution >= 0.6 is 0 Å². The summed E-state index contributed by atoms with van der Waals surface area (Å²) in [5, 5.41) is 10.3. The lowest BCUT2D eigenvalue weighted by atomic mass is 9.90. The maximum atomic E-state index is 12.8. The zero-order valence-electron chi connectivity index (χ0n) is 14.2. The highest BCUT2D eigenvalue weighted by Gasteiger charge is 2.29. The standard InChI is InChI=1S/C18H16N6O3/c19-18(27)17(26)11(9-12-5-1-3-7-20-12)10-14(25)16-15(22-24-23-16)13-6-2-4-8-21-13/h1-8,11H,9-10H2,(H2,19,27)(H,22,23,24). The number of carbonyl (C=O) groups is 3. The molecule has 9 heteroatoms. The number of Topliss-reactive ketones (excluding diaryl/α,β-unsaturated/α-hetero) is 2. The van der Waals surface area contributed by atoms with Crippen LogP contribution in [-0.4, -0.2) is 42.9 Å². The van der Waals surface area contributed by atoms with Crippen molar-refractivity contribution in [3.05, 3.63) is 60.2 Å². The van der Waals surface area contributed by atoms with E-state index < -0.39 is 23.4 Å². The number of aromatic amines is 1. The minimum absolute atomic E-state index is 0.0528. The summed E-state index contributed by atoms with van der Waals surface area (Å²) in [5.74, 6) is -3.29. The van der Waals surface area contributed by atoms with Gasteiger partial charge in [0.1, 0.15) is 5.69 Å². The van der Waals surface area contributed by atoms with Gasteiger partial charge in [0.05, 0.1) is 5.69 Å². The molecule has 0 radical (unpaired) electrons. The van der Waals surface area contributed by atoms with Gasteiger partial charge in [-0.25, -0.2) is 0 Å². The van der Waals surface area contributed by atoms with Gasteiger partial charge in [-0.15, -0.1) is 0 Å². The number of hydrogen-bond donors (Lipinski definition) is 2. The summed E-state index contributed by atoms with van der Waals surface area (Å²) in [6.45, 7) is 0. The molecule has 0 spiro atoms. The quantitative estimate of drug-likeness (QED) is 0.443. The van der Waals surface area contributed by atoms with Gasteiger partial charge in [0, 0.05) is 36.8 Å². The van der Waals surface area contributed by atoms with Gasteiger partial charge in [-0.1, -0.05) is 12.1 Å². The Kier molecular flexibility index (Phi) is 5.41. The fourth-order valence-electron chi connectivity index (χ4n) is 2.66. The molecule has 3 rings (SSSR count). The number of amides is 1. The lowest BCUT2D eigenvalue weighted by Crippen LogP contribution is -2.33. The van der Waals surface area contributed by atoms with Crippen LogP contribution in [0.1, 0.15) is 22.6 Å². The Balaban J connectivity index is 1.84. The number of primary amides is 1. The lowest BCUT2D eigenvalue weighted by Gasteiger charge is -2.12. The third kappa shape index (κ3) is 4.27. The molecular formula is C18H16N6O3. The highest BCUT2D eigenvalue weighted by molar-refractivity contribution is 6.36. The minimum Gasteiger partial charge on any atom is -0.363 e. The van der Waals surface area contributed by atoms with Crippen molar-refractivity contribution in [2.24, 2.45) is 11.7 Å². The van der Waals surface area contributed by atoms with E-state index in [1.54, 1.807) is 48.8 Å². The molecule has 1 unspecified atom stereocenters. The Morgan fingerprint density at radius 3 is 2.37 bits per heavy atom. The van der Waals surface area contributed by atoms with Gasteiger partial charge >= 0.3 is 0 Å². The topological polar surface area (TPSA) is 145 Å². The van der Waals surface area contributed by atoms with Crippen molar-refractivity contribution >= 4 is 17.5 Å². The normalized spacial score (nSPS) is 11.7. The molecule has 3 aromatic rings. The minimum atomic E-state index is -1.09. The lowest BCUT2D eigenvalue weighted by molar-refractivity contribution is -0.138. The van der Waals surface area contributed by atoms with E-state index >= 15 is 0 Å². The smallest absolute Gasteiger partial charge is 0.285 e. The fraction of sp³-hybridized carbons (Fsp3) is 0.167. The van der Waals surface area contributed by atoms with Crippen LogP contribution in [0.2, 0.25) is 0 Å². The van der Waals surface area contributed by atoms with E-state index in [4.69, 9.17) is 5.73 Å². The molecule has 0 fully saturated rings. The Labute approximate surface area is 154 Å². The molecule has 136 valence electrons. The number of hydrogen-bond acceptors (Lipinski definition) is 7. The highest BCUT2D eigenvalue weighted by Crippen LogP contribution is 2.21. The molecule has 0 aromatic carbocycles. The second-order valence-corrected chi connectivity index (χ2v) is 5.81. The van der Waals surface area contributed by atoms with E-state index in [1.807, 2.05) is 0 Å². The molecule has 3 aromatic heterocycles. The second kappa shape index (κ2) is 8.09. The first-order chi connectivity index (χ1) is 13.1. The number of carbonyl (C=O) groups excluding carboxylic acids is 3. The first kappa shape index (κ1) is 18.1. The average Bonchev–Trinajstić information content (AvgIpc) is 3.18. The summed E-state index contributed by atoms with van der Waals surface area (Å²) >= 11 is 0. The van der Waals surface area contributed by atoms with Gasteiger partial charge in [0.15, 0.2) is 11.5 Å². The molecule has 0 bridgehead atoms. The maximum Gasteiger partial charge on any atom is 0.285 e. The molecule has 3 heterocycles. The molecule has 27 heavy (non-hydrogen) atoms. The molecule has 9 nitrogen and oxygen atoms in total. The van der Waals surface area contributed by atoms with E-state index in [2.05, 4.69) is 25.4 Å². The third-order valence-electron chi connectivity index (χ3n) is 3.95. The van der Waals surface area contributed by atoms with Crippen LogP contribution in [0.4, 0.5) is 0 Å². The van der Waals surface area contributed by atoms with Crippen molar-refractivity contribution in [1.82, 2.24) is 25.4 Å². The molecule has 0 saturated heterocycles. The zero-order valence-corrected chi connectivity index (χ0v) is 14.2. The van der Waals surface area contributed by atoms with Crippen molar-refractivity contribution < 1.29 is 14.4 Å². The van der Waals surface area contributed by atoms with Crippen LogP contribution < -0.4 is 5.73 Å². The monoisotopic (exact) mass is 364 g/mol. The van der Waals surface area contributed by atoms with Crippen LogP contribution in [0.25, 0.3) is 11.4 Å². The van der Waals surface area contributed by atoms with Crippen molar-refractivity contribution in [3.63, 3.8) is 0 Å². The summed E-state index contributed by atoms with van der Waals surface area (Å²) < 4.78 is 0. The number of pyridine rings is 2. The summed E-state index contributed by atoms with van der Waals surface area (Å²) in [7, 11) is 0. The van der Waals surface area contributed by atoms with Crippen molar-refractivity contribution in [2.45, 2.75) is 12.8 Å². The predicted molar refractivity (Wildman–Crippen MR) is 94.2 cm³/mol. The molecule has 1 atom stereocenters. The second-order valence-electron chi connectivity index (χ2n) is 5.81. The third-order valence-corrected chi connectivity index (χ3v) is 3.95. The van der Waals surface area contributed by atoms with Crippen LogP contribution in [0, 0.1) is 5.92 Å². The van der Waals surface area contributed by atoms with Crippen LogP contribution in [0.3, 0.4) is 0 Å². The van der Waals surface area contributed by atoms with Crippen LogP contribution in [0.5, 0.6) is 0 Å². The molecule has 3 N–H and O–H groups in total. The van der Waals surface area contributed by atoms with Gasteiger partial charge in [0.2, 0.25) is 5.78 Å². The van der Waals surface area contributed by atoms with E-state index in [-0.39, 0.29) is 24.2 Å². The summed E-state index contributed by atoms with van der Waals surface area (Å²) in [5.41, 5.74) is 6.52. The van der Waals surface area contributed by atoms with Crippen LogP contribution in [0.15, 0.2) is 48.8 Å². The SMILES string of the molecule is NC(=O)C(=O)C(CC(=O)c1n[nH]nc1-c1ccccn1)Cc1ccccn1. The van der Waals surface area contributed by atoms with Gasteiger partial charge < -0.3 is 5.73 Å². The zero-order chi connectivity index (χ0) is 19.2. The van der Waals surface area contributed by atoms with Gasteiger partial charge in [-0.05, 0) is 24.3 Å². The first-order valence-corrected chi connectivity index (χ1v) is 8.15. The number of H-pyrrole nitrogens is 1. The van der Waals surface area contributed by atoms with E-state index in [0.717, 1.165) is 0 Å². The predicted octanol–water partition coefficient (Wildman–Crippen LogP) is 0.748. The average molecular weight is 364 g/mol. The molecule has 0 aliphatic carbocycles. The number of rotatable bonds is 8. The number of nitrogens with one attached hydrogen (secondary N) is 1. The van der Waals surface area contributed by atoms with Crippen molar-refractivity contribution in [1.29, 1.82) is 0 Å². The highest BCUT2D eigenvalue weighted by atomic mass is 16.2. The summed E-state index contributed by atoms with van der Waals surface area (Å²) in [6.07, 6.45) is 3.01. The van der Waals surface area contributed by atoms with E-state index in [9.17, 15) is 14.4 Å². The Morgan fingerprint density at radius 2 is 1.74 bits per heavy atom. The summed E-state index contributed by atoms with van der Waals surface area (Å²) in [4.78, 5) is 44.6.